The van der Waals surface area contributed by atoms with Crippen LogP contribution in [0.2, 0.25) is 0 Å². The van der Waals surface area contributed by atoms with Crippen molar-refractivity contribution in [1.29, 1.82) is 0 Å². The third-order valence-electron chi connectivity index (χ3n) is 8.03. The molecular weight excluding hydrogens is 482 g/mol. The first-order valence-corrected chi connectivity index (χ1v) is 13.6. The maximum Gasteiger partial charge on any atom is 0.227 e. The molecule has 0 radical (unpaired) electrons. The average Bonchev–Trinajstić information content (AvgIpc) is 3.46. The van der Waals surface area contributed by atoms with Gasteiger partial charge in [0, 0.05) is 24.8 Å². The van der Waals surface area contributed by atoms with Crippen LogP contribution in [0.5, 0.6) is 5.88 Å². The lowest BCUT2D eigenvalue weighted by molar-refractivity contribution is -0.139. The third kappa shape index (κ3) is 5.59. The SMILES string of the molecule is CCC(=O)CCCOC[C@H](NC(=O)C12CCN(CC1)CC2)c1ncc(-c2cc3ccccc3nc2OC)[nH]1. The topological polar surface area (TPSA) is 109 Å². The summed E-state index contributed by atoms with van der Waals surface area (Å²) in [6.45, 7) is 5.51. The number of methoxy groups -OCH3 is 1. The molecule has 2 aromatic heterocycles. The number of para-hydroxylation sites is 1. The van der Waals surface area contributed by atoms with Gasteiger partial charge in [-0.25, -0.2) is 9.97 Å². The molecule has 3 aromatic rings. The standard InChI is InChI=1S/C29H37N5O4/c1-3-21(35)8-6-16-38-19-25(33-28(36)29-10-13-34(14-11-29)15-12-29)26-30-18-24(31-26)22-17-20-7-4-5-9-23(20)32-27(22)37-2/h4-5,7,9,17-18,25H,3,6,8,10-16,19H2,1-2H3,(H,30,31)(H,33,36)/t25-/m0/s1. The highest BCUT2D eigenvalue weighted by Crippen LogP contribution is 2.40. The monoisotopic (exact) mass is 519 g/mol. The second-order valence-corrected chi connectivity index (χ2v) is 10.4. The van der Waals surface area contributed by atoms with Crippen LogP contribution in [0.4, 0.5) is 0 Å². The largest absolute Gasteiger partial charge is 0.480 e. The van der Waals surface area contributed by atoms with E-state index in [9.17, 15) is 9.59 Å². The zero-order chi connectivity index (χ0) is 26.5. The maximum absolute atomic E-state index is 13.6. The predicted octanol–water partition coefficient (Wildman–Crippen LogP) is 4.05. The van der Waals surface area contributed by atoms with Gasteiger partial charge < -0.3 is 24.7 Å². The Hall–Kier alpha value is -3.30. The molecule has 3 saturated heterocycles. The Kier molecular flexibility index (Phi) is 8.04. The number of ketones is 1. The van der Waals surface area contributed by atoms with E-state index >= 15 is 0 Å². The molecule has 2 bridgehead atoms. The Morgan fingerprint density at radius 2 is 1.95 bits per heavy atom. The number of fused-ring (bicyclic) bond motifs is 4. The van der Waals surface area contributed by atoms with E-state index in [1.54, 1.807) is 13.3 Å². The molecule has 0 spiro atoms. The van der Waals surface area contributed by atoms with Crippen LogP contribution in [0.1, 0.15) is 57.3 Å². The number of hydrogen-bond acceptors (Lipinski definition) is 7. The maximum atomic E-state index is 13.6. The number of H-pyrrole nitrogens is 1. The lowest BCUT2D eigenvalue weighted by Gasteiger charge is -2.47. The van der Waals surface area contributed by atoms with Crippen molar-refractivity contribution >= 4 is 22.6 Å². The summed E-state index contributed by atoms with van der Waals surface area (Å²) in [4.78, 5) is 40.4. The molecular formula is C29H37N5O4. The second-order valence-electron chi connectivity index (χ2n) is 10.4. The lowest BCUT2D eigenvalue weighted by Crippen LogP contribution is -2.55. The molecule has 38 heavy (non-hydrogen) atoms. The van der Waals surface area contributed by atoms with Crippen LogP contribution in [0, 0.1) is 5.41 Å². The van der Waals surface area contributed by atoms with E-state index in [2.05, 4.69) is 25.2 Å². The number of carbonyl (C=O) groups excluding carboxylic acids is 2. The highest BCUT2D eigenvalue weighted by atomic mass is 16.5. The highest BCUT2D eigenvalue weighted by Gasteiger charge is 2.45. The Bertz CT molecular complexity index is 1270. The number of nitrogens with one attached hydrogen (secondary N) is 2. The first-order valence-electron chi connectivity index (χ1n) is 13.6. The molecule has 3 aliphatic heterocycles. The molecule has 1 amide bonds. The van der Waals surface area contributed by atoms with Crippen molar-refractivity contribution in [2.24, 2.45) is 5.41 Å². The quantitative estimate of drug-likeness (QED) is 0.348. The summed E-state index contributed by atoms with van der Waals surface area (Å²) in [5.41, 5.74) is 2.09. The molecule has 1 aromatic carbocycles. The molecule has 0 unspecified atom stereocenters. The fourth-order valence-corrected chi connectivity index (χ4v) is 5.51. The van der Waals surface area contributed by atoms with E-state index in [0.29, 0.717) is 37.6 Å². The van der Waals surface area contributed by atoms with E-state index < -0.39 is 6.04 Å². The zero-order valence-corrected chi connectivity index (χ0v) is 22.3. The fourth-order valence-electron chi connectivity index (χ4n) is 5.51. The van der Waals surface area contributed by atoms with Gasteiger partial charge in [0.1, 0.15) is 17.6 Å². The summed E-state index contributed by atoms with van der Waals surface area (Å²) >= 11 is 0. The predicted molar refractivity (Wildman–Crippen MR) is 145 cm³/mol. The molecule has 0 aliphatic carbocycles. The minimum absolute atomic E-state index is 0.0783. The molecule has 5 heterocycles. The highest BCUT2D eigenvalue weighted by molar-refractivity contribution is 5.85. The number of aromatic amines is 1. The van der Waals surface area contributed by atoms with Gasteiger partial charge in [-0.2, -0.15) is 0 Å². The number of piperidine rings is 3. The number of aromatic nitrogens is 3. The number of imidazole rings is 1. The van der Waals surface area contributed by atoms with Crippen molar-refractivity contribution in [2.45, 2.75) is 51.5 Å². The van der Waals surface area contributed by atoms with E-state index in [-0.39, 0.29) is 23.7 Å². The van der Waals surface area contributed by atoms with Crippen molar-refractivity contribution in [3.63, 3.8) is 0 Å². The minimum Gasteiger partial charge on any atom is -0.480 e. The number of rotatable bonds is 12. The van der Waals surface area contributed by atoms with Gasteiger partial charge in [-0.15, -0.1) is 0 Å². The summed E-state index contributed by atoms with van der Waals surface area (Å²) < 4.78 is 11.5. The van der Waals surface area contributed by atoms with Crippen LogP contribution in [-0.2, 0) is 14.3 Å². The number of pyridine rings is 1. The molecule has 9 heteroatoms. The number of hydrogen-bond donors (Lipinski definition) is 2. The average molecular weight is 520 g/mol. The van der Waals surface area contributed by atoms with Crippen molar-refractivity contribution < 1.29 is 19.1 Å². The number of carbonyl (C=O) groups is 2. The summed E-state index contributed by atoms with van der Waals surface area (Å²) in [5, 5.41) is 4.26. The minimum atomic E-state index is -0.438. The number of amides is 1. The number of ether oxygens (including phenoxy) is 2. The smallest absolute Gasteiger partial charge is 0.227 e. The van der Waals surface area contributed by atoms with Gasteiger partial charge in [-0.05, 0) is 57.5 Å². The Morgan fingerprint density at radius 1 is 1.18 bits per heavy atom. The van der Waals surface area contributed by atoms with E-state index in [1.165, 1.54) is 0 Å². The first-order chi connectivity index (χ1) is 18.5. The number of Topliss-reactive ketones (excluding diaryl/α,β-unsaturated/α-hetero) is 1. The molecule has 3 fully saturated rings. The van der Waals surface area contributed by atoms with Gasteiger partial charge in [-0.1, -0.05) is 25.1 Å². The van der Waals surface area contributed by atoms with Gasteiger partial charge in [0.2, 0.25) is 11.8 Å². The van der Waals surface area contributed by atoms with E-state index in [1.807, 2.05) is 37.3 Å². The van der Waals surface area contributed by atoms with Gasteiger partial charge in [0.05, 0.1) is 42.1 Å². The van der Waals surface area contributed by atoms with Crippen molar-refractivity contribution in [1.82, 2.24) is 25.2 Å². The summed E-state index contributed by atoms with van der Waals surface area (Å²) in [6, 6.07) is 9.48. The van der Waals surface area contributed by atoms with Gasteiger partial charge in [0.15, 0.2) is 0 Å². The van der Waals surface area contributed by atoms with Gasteiger partial charge in [-0.3, -0.25) is 9.59 Å². The lowest BCUT2D eigenvalue weighted by atomic mass is 9.71. The zero-order valence-electron chi connectivity index (χ0n) is 22.3. The van der Waals surface area contributed by atoms with Crippen LogP contribution >= 0.6 is 0 Å². The van der Waals surface area contributed by atoms with Crippen LogP contribution in [0.25, 0.3) is 22.2 Å². The number of benzene rings is 1. The number of nitrogens with zero attached hydrogens (tertiary/aromatic N) is 3. The second kappa shape index (κ2) is 11.6. The van der Waals surface area contributed by atoms with Crippen molar-refractivity contribution in [3.05, 3.63) is 42.4 Å². The summed E-state index contributed by atoms with van der Waals surface area (Å²) in [5.74, 6) is 1.44. The van der Waals surface area contributed by atoms with Crippen LogP contribution < -0.4 is 10.1 Å². The molecule has 1 atom stereocenters. The van der Waals surface area contributed by atoms with E-state index in [0.717, 1.165) is 61.1 Å². The molecule has 2 N–H and O–H groups in total. The van der Waals surface area contributed by atoms with Crippen LogP contribution in [0.15, 0.2) is 36.5 Å². The fraction of sp³-hybridized carbons (Fsp3) is 0.517. The molecule has 6 rings (SSSR count). The Balaban J connectivity index is 1.36. The van der Waals surface area contributed by atoms with Crippen LogP contribution in [-0.4, -0.2) is 71.5 Å². The van der Waals surface area contributed by atoms with Crippen molar-refractivity contribution in [2.75, 3.05) is 40.0 Å². The summed E-state index contributed by atoms with van der Waals surface area (Å²) in [7, 11) is 1.60. The van der Waals surface area contributed by atoms with Gasteiger partial charge >= 0.3 is 0 Å². The molecule has 9 nitrogen and oxygen atoms in total. The summed E-state index contributed by atoms with van der Waals surface area (Å²) in [6.07, 6.45) is 6.11. The third-order valence-corrected chi connectivity index (χ3v) is 8.03. The first kappa shape index (κ1) is 26.3. The molecule has 3 aliphatic rings. The van der Waals surface area contributed by atoms with E-state index in [4.69, 9.17) is 9.47 Å². The van der Waals surface area contributed by atoms with Gasteiger partial charge in [0.25, 0.3) is 0 Å². The molecule has 202 valence electrons. The molecule has 0 saturated carbocycles. The normalized spacial score (nSPS) is 21.4. The van der Waals surface area contributed by atoms with Crippen LogP contribution in [0.3, 0.4) is 0 Å². The Labute approximate surface area is 223 Å². The Morgan fingerprint density at radius 3 is 2.68 bits per heavy atom. The van der Waals surface area contributed by atoms with Crippen molar-refractivity contribution in [3.8, 4) is 17.1 Å².